The second-order valence-corrected chi connectivity index (χ2v) is 7.52. The average Bonchev–Trinajstić information content (AvgIpc) is 2.76. The fourth-order valence-corrected chi connectivity index (χ4v) is 4.04. The lowest BCUT2D eigenvalue weighted by Gasteiger charge is -2.07. The Kier molecular flexibility index (Phi) is 4.74. The summed E-state index contributed by atoms with van der Waals surface area (Å²) in [5.41, 5.74) is 3.46. The average molecular weight is 327 g/mol. The first-order valence-corrected chi connectivity index (χ1v) is 9.26. The van der Waals surface area contributed by atoms with E-state index >= 15 is 0 Å². The van der Waals surface area contributed by atoms with Gasteiger partial charge in [-0.1, -0.05) is 43.7 Å². The van der Waals surface area contributed by atoms with Crippen molar-refractivity contribution in [2.24, 2.45) is 0 Å². The van der Waals surface area contributed by atoms with Crippen LogP contribution in [-0.2, 0) is 28.4 Å². The monoisotopic (exact) mass is 326 g/mol. The SMILES string of the molecule is CCc1nn(Cc2cccc(C)c2)c(CC)c1S(=O)(=O)Cl. The van der Waals surface area contributed by atoms with E-state index in [1.54, 1.807) is 4.68 Å². The van der Waals surface area contributed by atoms with E-state index < -0.39 is 9.05 Å². The molecule has 0 fully saturated rings. The Labute approximate surface area is 130 Å². The zero-order valence-corrected chi connectivity index (χ0v) is 14.0. The molecule has 0 aliphatic rings. The first kappa shape index (κ1) is 16.0. The summed E-state index contributed by atoms with van der Waals surface area (Å²) in [6, 6.07) is 8.09. The summed E-state index contributed by atoms with van der Waals surface area (Å²) in [6.07, 6.45) is 1.11. The summed E-state index contributed by atoms with van der Waals surface area (Å²) >= 11 is 0. The third-order valence-electron chi connectivity index (χ3n) is 3.41. The van der Waals surface area contributed by atoms with Crippen LogP contribution in [0.3, 0.4) is 0 Å². The maximum Gasteiger partial charge on any atom is 0.264 e. The normalized spacial score (nSPS) is 11.8. The molecule has 0 atom stereocenters. The summed E-state index contributed by atoms with van der Waals surface area (Å²) in [5, 5.41) is 4.44. The fourth-order valence-electron chi connectivity index (χ4n) is 2.51. The number of nitrogens with zero attached hydrogens (tertiary/aromatic N) is 2. The second-order valence-electron chi connectivity index (χ2n) is 5.01. The van der Waals surface area contributed by atoms with E-state index in [2.05, 4.69) is 11.2 Å². The van der Waals surface area contributed by atoms with Crippen LogP contribution in [0.25, 0.3) is 0 Å². The quantitative estimate of drug-likeness (QED) is 0.792. The highest BCUT2D eigenvalue weighted by Gasteiger charge is 2.25. The van der Waals surface area contributed by atoms with Gasteiger partial charge in [-0.05, 0) is 25.3 Å². The van der Waals surface area contributed by atoms with Gasteiger partial charge in [0.15, 0.2) is 0 Å². The van der Waals surface area contributed by atoms with Crippen LogP contribution < -0.4 is 0 Å². The minimum Gasteiger partial charge on any atom is -0.263 e. The van der Waals surface area contributed by atoms with E-state index in [-0.39, 0.29) is 4.90 Å². The highest BCUT2D eigenvalue weighted by molar-refractivity contribution is 8.13. The van der Waals surface area contributed by atoms with E-state index in [1.165, 1.54) is 5.56 Å². The molecule has 114 valence electrons. The van der Waals surface area contributed by atoms with Gasteiger partial charge in [0.25, 0.3) is 9.05 Å². The largest absolute Gasteiger partial charge is 0.264 e. The van der Waals surface area contributed by atoms with Gasteiger partial charge in [0.05, 0.1) is 17.9 Å². The molecule has 2 aromatic rings. The van der Waals surface area contributed by atoms with Crippen LogP contribution in [0.15, 0.2) is 29.2 Å². The molecular formula is C15H19ClN2O2S. The molecule has 0 spiro atoms. The number of hydrogen-bond donors (Lipinski definition) is 0. The Morgan fingerprint density at radius 3 is 2.48 bits per heavy atom. The fraction of sp³-hybridized carbons (Fsp3) is 0.400. The second kappa shape index (κ2) is 6.20. The molecule has 0 radical (unpaired) electrons. The summed E-state index contributed by atoms with van der Waals surface area (Å²) in [5.74, 6) is 0. The first-order valence-electron chi connectivity index (χ1n) is 6.95. The predicted molar refractivity (Wildman–Crippen MR) is 84.3 cm³/mol. The number of rotatable bonds is 5. The van der Waals surface area contributed by atoms with Crippen molar-refractivity contribution in [2.75, 3.05) is 0 Å². The highest BCUT2D eigenvalue weighted by Crippen LogP contribution is 2.26. The van der Waals surface area contributed by atoms with Crippen molar-refractivity contribution in [2.45, 2.75) is 45.1 Å². The minimum atomic E-state index is -3.78. The van der Waals surface area contributed by atoms with Gasteiger partial charge in [0.1, 0.15) is 4.90 Å². The molecule has 0 aliphatic carbocycles. The van der Waals surface area contributed by atoms with Crippen molar-refractivity contribution < 1.29 is 8.42 Å². The Morgan fingerprint density at radius 2 is 1.95 bits per heavy atom. The van der Waals surface area contributed by atoms with Crippen molar-refractivity contribution in [1.29, 1.82) is 0 Å². The molecule has 0 saturated carbocycles. The molecule has 0 aliphatic heterocycles. The number of aryl methyl sites for hydroxylation is 2. The number of halogens is 1. The summed E-state index contributed by atoms with van der Waals surface area (Å²) in [7, 11) is 1.81. The summed E-state index contributed by atoms with van der Waals surface area (Å²) in [6.45, 7) is 6.36. The van der Waals surface area contributed by atoms with Gasteiger partial charge in [-0.3, -0.25) is 4.68 Å². The van der Waals surface area contributed by atoms with Crippen molar-refractivity contribution >= 4 is 19.7 Å². The highest BCUT2D eigenvalue weighted by atomic mass is 35.7. The van der Waals surface area contributed by atoms with E-state index in [0.29, 0.717) is 30.8 Å². The Bertz CT molecular complexity index is 751. The Hall–Kier alpha value is -1.33. The molecule has 21 heavy (non-hydrogen) atoms. The van der Waals surface area contributed by atoms with Crippen LogP contribution >= 0.6 is 10.7 Å². The molecule has 0 amide bonds. The molecule has 2 rings (SSSR count). The molecule has 4 nitrogen and oxygen atoms in total. The van der Waals surface area contributed by atoms with Crippen LogP contribution in [0.5, 0.6) is 0 Å². The lowest BCUT2D eigenvalue weighted by atomic mass is 10.1. The zero-order chi connectivity index (χ0) is 15.6. The van der Waals surface area contributed by atoms with Gasteiger partial charge in [0.2, 0.25) is 0 Å². The van der Waals surface area contributed by atoms with Gasteiger partial charge in [-0.15, -0.1) is 0 Å². The van der Waals surface area contributed by atoms with Crippen molar-refractivity contribution in [1.82, 2.24) is 9.78 Å². The maximum atomic E-state index is 11.8. The summed E-state index contributed by atoms with van der Waals surface area (Å²) in [4.78, 5) is 0.182. The van der Waals surface area contributed by atoms with Crippen molar-refractivity contribution in [3.8, 4) is 0 Å². The zero-order valence-electron chi connectivity index (χ0n) is 12.4. The third kappa shape index (κ3) is 3.47. The van der Waals surface area contributed by atoms with Gasteiger partial charge >= 0.3 is 0 Å². The molecule has 1 aromatic carbocycles. The van der Waals surface area contributed by atoms with E-state index in [0.717, 1.165) is 5.56 Å². The number of aromatic nitrogens is 2. The molecule has 0 saturated heterocycles. The molecule has 6 heteroatoms. The maximum absolute atomic E-state index is 11.8. The van der Waals surface area contributed by atoms with Gasteiger partial charge < -0.3 is 0 Å². The Morgan fingerprint density at radius 1 is 1.24 bits per heavy atom. The minimum absolute atomic E-state index is 0.182. The number of benzene rings is 1. The number of hydrogen-bond acceptors (Lipinski definition) is 3. The summed E-state index contributed by atoms with van der Waals surface area (Å²) < 4.78 is 25.4. The Balaban J connectivity index is 2.52. The van der Waals surface area contributed by atoms with Gasteiger partial charge in [-0.2, -0.15) is 5.10 Å². The van der Waals surface area contributed by atoms with Crippen molar-refractivity contribution in [3.63, 3.8) is 0 Å². The van der Waals surface area contributed by atoms with Crippen molar-refractivity contribution in [3.05, 3.63) is 46.8 Å². The standard InChI is InChI=1S/C15H19ClN2O2S/c1-4-13-15(21(16,19)20)14(5-2)18(17-13)10-12-8-6-7-11(3)9-12/h6-9H,4-5,10H2,1-3H3. The van der Waals surface area contributed by atoms with Crippen LogP contribution in [0, 0.1) is 6.92 Å². The predicted octanol–water partition coefficient (Wildman–Crippen LogP) is 3.29. The lowest BCUT2D eigenvalue weighted by molar-refractivity contribution is 0.605. The molecule has 1 aromatic heterocycles. The van der Waals surface area contributed by atoms with Crippen LogP contribution in [-0.4, -0.2) is 18.2 Å². The molecular weight excluding hydrogens is 308 g/mol. The van der Waals surface area contributed by atoms with E-state index in [1.807, 2.05) is 39.0 Å². The molecule has 0 bridgehead atoms. The third-order valence-corrected chi connectivity index (χ3v) is 4.83. The van der Waals surface area contributed by atoms with Crippen LogP contribution in [0.2, 0.25) is 0 Å². The van der Waals surface area contributed by atoms with Crippen LogP contribution in [0.4, 0.5) is 0 Å². The lowest BCUT2D eigenvalue weighted by Crippen LogP contribution is -2.07. The van der Waals surface area contributed by atoms with E-state index in [9.17, 15) is 8.42 Å². The van der Waals surface area contributed by atoms with E-state index in [4.69, 9.17) is 10.7 Å². The molecule has 1 heterocycles. The van der Waals surface area contributed by atoms with Gasteiger partial charge in [0, 0.05) is 10.7 Å². The van der Waals surface area contributed by atoms with Crippen LogP contribution in [0.1, 0.15) is 36.4 Å². The topological polar surface area (TPSA) is 52.0 Å². The smallest absolute Gasteiger partial charge is 0.263 e. The molecule has 0 N–H and O–H groups in total. The first-order chi connectivity index (χ1) is 9.86. The molecule has 0 unspecified atom stereocenters. The van der Waals surface area contributed by atoms with Gasteiger partial charge in [-0.25, -0.2) is 8.42 Å².